The second-order valence-electron chi connectivity index (χ2n) is 9.26. The molecule has 2 saturated heterocycles. The van der Waals surface area contributed by atoms with Crippen molar-refractivity contribution in [2.45, 2.75) is 51.4 Å². The molecule has 1 aromatic carbocycles. The van der Waals surface area contributed by atoms with E-state index in [1.165, 1.54) is 18.4 Å². The van der Waals surface area contributed by atoms with Gasteiger partial charge in [-0.25, -0.2) is 14.6 Å². The van der Waals surface area contributed by atoms with Crippen molar-refractivity contribution in [3.05, 3.63) is 34.8 Å². The number of morpholine rings is 1. The number of aromatic nitrogens is 1. The largest absolute Gasteiger partial charge is 0.490 e. The molecule has 0 radical (unpaired) electrons. The number of methoxy groups -OCH3 is 1. The van der Waals surface area contributed by atoms with E-state index in [-0.39, 0.29) is 18.7 Å². The van der Waals surface area contributed by atoms with Crippen molar-refractivity contribution in [2.24, 2.45) is 0 Å². The molecule has 0 aliphatic carbocycles. The molecule has 2 unspecified atom stereocenters. The van der Waals surface area contributed by atoms with Crippen LogP contribution in [-0.4, -0.2) is 66.1 Å². The first-order valence-corrected chi connectivity index (χ1v) is 11.3. The number of ether oxygens (including phenoxy) is 4. The number of hydrogen-bond donors (Lipinski definition) is 0. The fourth-order valence-corrected chi connectivity index (χ4v) is 4.75. The maximum atomic E-state index is 12.6. The highest BCUT2D eigenvalue weighted by molar-refractivity contribution is 7.14. The lowest BCUT2D eigenvalue weighted by Gasteiger charge is -2.33. The first kappa shape index (κ1) is 22.5. The SMILES string of the molecule is COC(=O)c1cc(OCC23CC(CO2)N(C(=O)OC(C)(C)C)C3)cc(-c2ncc(C)s2)c1. The standard InChI is InChI=1S/C23H28N2O6S/c1-14-10-24-19(32-14)15-6-16(20(26)28-5)8-18(7-15)29-13-23-9-17(11-30-23)25(12-23)21(27)31-22(2,3)4/h6-8,10,17H,9,11-13H2,1-5H3. The molecule has 2 aromatic rings. The first-order valence-electron chi connectivity index (χ1n) is 10.5. The number of rotatable bonds is 5. The zero-order chi connectivity index (χ0) is 23.1. The number of carbonyl (C=O) groups excluding carboxylic acids is 2. The summed E-state index contributed by atoms with van der Waals surface area (Å²) >= 11 is 1.54. The van der Waals surface area contributed by atoms with Crippen molar-refractivity contribution >= 4 is 23.4 Å². The average molecular weight is 461 g/mol. The molecular weight excluding hydrogens is 432 g/mol. The van der Waals surface area contributed by atoms with Gasteiger partial charge in [0.2, 0.25) is 0 Å². The molecule has 0 saturated carbocycles. The molecule has 2 bridgehead atoms. The maximum Gasteiger partial charge on any atom is 0.410 e. The average Bonchev–Trinajstić information content (AvgIpc) is 3.45. The summed E-state index contributed by atoms with van der Waals surface area (Å²) in [5, 5.41) is 0.797. The number of aryl methyl sites for hydroxylation is 1. The molecule has 3 heterocycles. The molecule has 172 valence electrons. The number of esters is 1. The molecule has 9 heteroatoms. The van der Waals surface area contributed by atoms with Crippen molar-refractivity contribution in [2.75, 3.05) is 26.9 Å². The van der Waals surface area contributed by atoms with E-state index in [0.29, 0.717) is 30.9 Å². The van der Waals surface area contributed by atoms with Crippen LogP contribution in [0.2, 0.25) is 0 Å². The second-order valence-corrected chi connectivity index (χ2v) is 10.5. The second kappa shape index (κ2) is 8.37. The quantitative estimate of drug-likeness (QED) is 0.622. The maximum absolute atomic E-state index is 12.6. The summed E-state index contributed by atoms with van der Waals surface area (Å²) in [6.45, 7) is 8.64. The van der Waals surface area contributed by atoms with Crippen LogP contribution in [0.5, 0.6) is 5.75 Å². The Balaban J connectivity index is 1.51. The minimum absolute atomic E-state index is 0.0243. The van der Waals surface area contributed by atoms with Gasteiger partial charge in [0.25, 0.3) is 0 Å². The topological polar surface area (TPSA) is 87.2 Å². The van der Waals surface area contributed by atoms with Crippen molar-refractivity contribution in [3.63, 3.8) is 0 Å². The molecule has 1 amide bonds. The van der Waals surface area contributed by atoms with Gasteiger partial charge in [-0.1, -0.05) is 0 Å². The summed E-state index contributed by atoms with van der Waals surface area (Å²) in [7, 11) is 1.35. The zero-order valence-electron chi connectivity index (χ0n) is 19.0. The Hall–Kier alpha value is -2.65. The summed E-state index contributed by atoms with van der Waals surface area (Å²) in [6, 6.07) is 5.23. The summed E-state index contributed by atoms with van der Waals surface area (Å²) in [6.07, 6.45) is 2.14. The summed E-state index contributed by atoms with van der Waals surface area (Å²) in [5.41, 5.74) is 0.0197. The number of amides is 1. The van der Waals surface area contributed by atoms with Crippen molar-refractivity contribution < 1.29 is 28.5 Å². The van der Waals surface area contributed by atoms with E-state index >= 15 is 0 Å². The van der Waals surface area contributed by atoms with Crippen LogP contribution in [0.3, 0.4) is 0 Å². The smallest absolute Gasteiger partial charge is 0.410 e. The highest BCUT2D eigenvalue weighted by atomic mass is 32.1. The normalized spacial score (nSPS) is 22.2. The van der Waals surface area contributed by atoms with Gasteiger partial charge in [-0.3, -0.25) is 4.90 Å². The lowest BCUT2D eigenvalue weighted by Crippen LogP contribution is -2.49. The molecule has 4 rings (SSSR count). The number of nitrogens with zero attached hydrogens (tertiary/aromatic N) is 2. The molecule has 2 atom stereocenters. The van der Waals surface area contributed by atoms with E-state index in [1.54, 1.807) is 23.2 Å². The number of carbonyl (C=O) groups is 2. The van der Waals surface area contributed by atoms with Crippen molar-refractivity contribution in [1.29, 1.82) is 0 Å². The predicted octanol–water partition coefficient (Wildman–Crippen LogP) is 4.06. The highest BCUT2D eigenvalue weighted by Gasteiger charge is 2.54. The molecule has 0 spiro atoms. The molecule has 8 nitrogen and oxygen atoms in total. The van der Waals surface area contributed by atoms with Gasteiger partial charge in [-0.05, 0) is 45.9 Å². The Kier molecular flexibility index (Phi) is 5.89. The van der Waals surface area contributed by atoms with E-state index in [0.717, 1.165) is 15.4 Å². The number of benzene rings is 1. The van der Waals surface area contributed by atoms with E-state index in [2.05, 4.69) is 4.98 Å². The molecule has 0 N–H and O–H groups in total. The summed E-state index contributed by atoms with van der Waals surface area (Å²) in [5.74, 6) is 0.0742. The lowest BCUT2D eigenvalue weighted by atomic mass is 10.0. The van der Waals surface area contributed by atoms with Gasteiger partial charge < -0.3 is 18.9 Å². The van der Waals surface area contributed by atoms with Crippen LogP contribution in [0.15, 0.2) is 24.4 Å². The Bertz CT molecular complexity index is 1030. The van der Waals surface area contributed by atoms with Crippen LogP contribution in [0.1, 0.15) is 42.4 Å². The first-order chi connectivity index (χ1) is 15.1. The Morgan fingerprint density at radius 3 is 2.75 bits per heavy atom. The van der Waals surface area contributed by atoms with Gasteiger partial charge in [-0.15, -0.1) is 11.3 Å². The molecular formula is C23H28N2O6S. The third kappa shape index (κ3) is 4.73. The minimum atomic E-state index is -0.596. The minimum Gasteiger partial charge on any atom is -0.490 e. The zero-order valence-corrected chi connectivity index (χ0v) is 19.8. The third-order valence-electron chi connectivity index (χ3n) is 5.41. The fraction of sp³-hybridized carbons (Fsp3) is 0.522. The Morgan fingerprint density at radius 1 is 1.31 bits per heavy atom. The number of fused-ring (bicyclic) bond motifs is 2. The fourth-order valence-electron chi connectivity index (χ4n) is 4.00. The van der Waals surface area contributed by atoms with Gasteiger partial charge in [0.1, 0.15) is 28.6 Å². The van der Waals surface area contributed by atoms with Crippen LogP contribution >= 0.6 is 11.3 Å². The molecule has 2 fully saturated rings. The van der Waals surface area contributed by atoms with Gasteiger partial charge >= 0.3 is 12.1 Å². The van der Waals surface area contributed by atoms with E-state index in [4.69, 9.17) is 18.9 Å². The Labute approximate surface area is 191 Å². The number of thiazole rings is 1. The van der Waals surface area contributed by atoms with Crippen LogP contribution in [-0.2, 0) is 14.2 Å². The van der Waals surface area contributed by atoms with E-state index < -0.39 is 17.2 Å². The van der Waals surface area contributed by atoms with Gasteiger partial charge in [0, 0.05) is 23.1 Å². The van der Waals surface area contributed by atoms with Gasteiger partial charge in [0.15, 0.2) is 0 Å². The van der Waals surface area contributed by atoms with Gasteiger partial charge in [0.05, 0.1) is 31.9 Å². The monoisotopic (exact) mass is 460 g/mol. The molecule has 32 heavy (non-hydrogen) atoms. The summed E-state index contributed by atoms with van der Waals surface area (Å²) in [4.78, 5) is 32.0. The summed E-state index contributed by atoms with van der Waals surface area (Å²) < 4.78 is 22.6. The van der Waals surface area contributed by atoms with Crippen LogP contribution < -0.4 is 4.74 Å². The van der Waals surface area contributed by atoms with E-state index in [1.807, 2.05) is 33.8 Å². The molecule has 1 aromatic heterocycles. The van der Waals surface area contributed by atoms with Crippen LogP contribution in [0.4, 0.5) is 4.79 Å². The van der Waals surface area contributed by atoms with E-state index in [9.17, 15) is 9.59 Å². The van der Waals surface area contributed by atoms with Gasteiger partial charge in [-0.2, -0.15) is 0 Å². The lowest BCUT2D eigenvalue weighted by molar-refractivity contribution is -0.0709. The van der Waals surface area contributed by atoms with Crippen molar-refractivity contribution in [3.8, 4) is 16.3 Å². The van der Waals surface area contributed by atoms with Crippen LogP contribution in [0.25, 0.3) is 10.6 Å². The van der Waals surface area contributed by atoms with Crippen LogP contribution in [0, 0.1) is 6.92 Å². The number of hydrogen-bond acceptors (Lipinski definition) is 8. The predicted molar refractivity (Wildman–Crippen MR) is 119 cm³/mol. The highest BCUT2D eigenvalue weighted by Crippen LogP contribution is 2.39. The number of likely N-dealkylation sites (tertiary alicyclic amines) is 1. The molecule has 2 aliphatic rings. The third-order valence-corrected chi connectivity index (χ3v) is 6.38. The molecule has 2 aliphatic heterocycles. The van der Waals surface area contributed by atoms with Crippen molar-refractivity contribution in [1.82, 2.24) is 9.88 Å². The Morgan fingerprint density at radius 2 is 2.09 bits per heavy atom.